The maximum Gasteiger partial charge on any atom is 0.151 e. The van der Waals surface area contributed by atoms with E-state index in [4.69, 9.17) is 25.5 Å². The van der Waals surface area contributed by atoms with Crippen LogP contribution in [0.4, 0.5) is 0 Å². The molecule has 20 heavy (non-hydrogen) atoms. The van der Waals surface area contributed by atoms with Gasteiger partial charge < -0.3 is 25.5 Å². The van der Waals surface area contributed by atoms with Gasteiger partial charge in [0.25, 0.3) is 0 Å². The predicted molar refractivity (Wildman–Crippen MR) is 80.2 cm³/mol. The molecule has 124 valence electrons. The molecule has 0 unspecified atom stereocenters. The van der Waals surface area contributed by atoms with Gasteiger partial charge >= 0.3 is 0 Å². The average molecular weight is 294 g/mol. The Labute approximate surface area is 123 Å². The van der Waals surface area contributed by atoms with Gasteiger partial charge in [-0.15, -0.1) is 0 Å². The molecule has 0 aliphatic rings. The molecule has 5 N–H and O–H groups in total. The van der Waals surface area contributed by atoms with Gasteiger partial charge in [-0.2, -0.15) is 0 Å². The lowest BCUT2D eigenvalue weighted by Crippen LogP contribution is -2.11. The summed E-state index contributed by atoms with van der Waals surface area (Å²) in [6.07, 6.45) is 7.98. The minimum Gasteiger partial charge on any atom is -0.396 e. The van der Waals surface area contributed by atoms with Crippen LogP contribution in [-0.4, -0.2) is 51.6 Å². The standard InChI is InChI=1S/C9H20O2.C6H14O3/c1-2-3-4-5-6-7-8-9(10)11;7-3-1-2-6(4-8)5-9/h9-11H,2-8H2,1H3;6-9H,1-5H2. The van der Waals surface area contributed by atoms with Gasteiger partial charge in [0.15, 0.2) is 6.29 Å². The normalized spacial score (nSPS) is 10.8. The Hall–Kier alpha value is -0.200. The quantitative estimate of drug-likeness (QED) is 0.277. The molecule has 0 atom stereocenters. The summed E-state index contributed by atoms with van der Waals surface area (Å²) >= 11 is 0. The second kappa shape index (κ2) is 18.8. The zero-order valence-corrected chi connectivity index (χ0v) is 12.9. The maximum absolute atomic E-state index is 8.51. The number of hydrogen-bond acceptors (Lipinski definition) is 5. The minimum atomic E-state index is -1.10. The van der Waals surface area contributed by atoms with Gasteiger partial charge in [0, 0.05) is 25.7 Å². The minimum absolute atomic E-state index is 0.0104. The highest BCUT2D eigenvalue weighted by molar-refractivity contribution is 4.54. The Morgan fingerprint density at radius 2 is 1.25 bits per heavy atom. The molecule has 0 spiro atoms. The monoisotopic (exact) mass is 294 g/mol. The summed E-state index contributed by atoms with van der Waals surface area (Å²) < 4.78 is 0. The first kappa shape index (κ1) is 22.1. The Morgan fingerprint density at radius 1 is 0.700 bits per heavy atom. The Balaban J connectivity index is 0. The van der Waals surface area contributed by atoms with Crippen LogP contribution in [0.15, 0.2) is 0 Å². The summed E-state index contributed by atoms with van der Waals surface area (Å²) in [4.78, 5) is 0. The van der Waals surface area contributed by atoms with Gasteiger partial charge in [0.05, 0.1) is 0 Å². The van der Waals surface area contributed by atoms with Gasteiger partial charge in [0.2, 0.25) is 0 Å². The molecule has 5 nitrogen and oxygen atoms in total. The van der Waals surface area contributed by atoms with Crippen LogP contribution in [0.25, 0.3) is 0 Å². The van der Waals surface area contributed by atoms with Gasteiger partial charge in [0.1, 0.15) is 0 Å². The number of unbranched alkanes of at least 4 members (excludes halogenated alkanes) is 5. The van der Waals surface area contributed by atoms with Crippen molar-refractivity contribution in [2.45, 2.75) is 71.0 Å². The molecule has 0 bridgehead atoms. The molecule has 0 aliphatic heterocycles. The van der Waals surface area contributed by atoms with Crippen LogP contribution < -0.4 is 0 Å². The average Bonchev–Trinajstić information content (AvgIpc) is 2.44. The summed E-state index contributed by atoms with van der Waals surface area (Å²) in [7, 11) is 0. The Bertz CT molecular complexity index is 160. The van der Waals surface area contributed by atoms with E-state index in [-0.39, 0.29) is 25.7 Å². The van der Waals surface area contributed by atoms with Crippen LogP contribution in [0.1, 0.15) is 64.7 Å². The summed E-state index contributed by atoms with van der Waals surface area (Å²) in [6, 6.07) is 0. The maximum atomic E-state index is 8.51. The molecule has 0 heterocycles. The summed E-state index contributed by atoms with van der Waals surface area (Å²) in [6.45, 7) is 2.35. The number of aliphatic hydroxyl groups is 5. The van der Waals surface area contributed by atoms with Crippen LogP contribution in [-0.2, 0) is 0 Å². The topological polar surface area (TPSA) is 101 Å². The van der Waals surface area contributed by atoms with E-state index in [1.54, 1.807) is 0 Å². The van der Waals surface area contributed by atoms with Crippen molar-refractivity contribution in [3.05, 3.63) is 0 Å². The van der Waals surface area contributed by atoms with Crippen molar-refractivity contribution < 1.29 is 25.5 Å². The van der Waals surface area contributed by atoms with E-state index in [1.807, 2.05) is 0 Å². The highest BCUT2D eigenvalue weighted by Gasteiger charge is 2.03. The van der Waals surface area contributed by atoms with E-state index in [0.29, 0.717) is 19.3 Å². The molecule has 0 amide bonds. The summed E-state index contributed by atoms with van der Waals surface area (Å²) in [5.41, 5.74) is 0. The molecule has 0 saturated heterocycles. The first-order valence-corrected chi connectivity index (χ1v) is 7.81. The van der Waals surface area contributed by atoms with Crippen LogP contribution in [0, 0.1) is 5.92 Å². The molecule has 0 aromatic carbocycles. The molecular weight excluding hydrogens is 260 g/mol. The van der Waals surface area contributed by atoms with E-state index in [9.17, 15) is 0 Å². The molecule has 0 aliphatic carbocycles. The van der Waals surface area contributed by atoms with Gasteiger partial charge in [-0.1, -0.05) is 39.0 Å². The molecule has 0 aromatic heterocycles. The largest absolute Gasteiger partial charge is 0.396 e. The van der Waals surface area contributed by atoms with Gasteiger partial charge in [-0.3, -0.25) is 0 Å². The van der Waals surface area contributed by atoms with E-state index >= 15 is 0 Å². The van der Waals surface area contributed by atoms with Crippen molar-refractivity contribution in [3.8, 4) is 0 Å². The highest BCUT2D eigenvalue weighted by atomic mass is 16.5. The zero-order chi connectivity index (χ0) is 15.6. The SMILES string of the molecule is CCCCCCCCC(O)O.OCCCC(CO)CO. The number of rotatable bonds is 12. The molecule has 0 radical (unpaired) electrons. The van der Waals surface area contributed by atoms with E-state index in [0.717, 1.165) is 12.8 Å². The van der Waals surface area contributed by atoms with Crippen molar-refractivity contribution in [1.82, 2.24) is 0 Å². The lowest BCUT2D eigenvalue weighted by Gasteiger charge is -2.07. The summed E-state index contributed by atoms with van der Waals surface area (Å²) in [5.74, 6) is -0.0443. The third kappa shape index (κ3) is 20.1. The third-order valence-corrected chi connectivity index (χ3v) is 3.10. The van der Waals surface area contributed by atoms with E-state index in [2.05, 4.69) is 6.92 Å². The molecule has 0 fully saturated rings. The van der Waals surface area contributed by atoms with Crippen molar-refractivity contribution >= 4 is 0 Å². The van der Waals surface area contributed by atoms with Crippen LogP contribution in [0.2, 0.25) is 0 Å². The second-order valence-electron chi connectivity index (χ2n) is 5.13. The van der Waals surface area contributed by atoms with Crippen LogP contribution in [0.5, 0.6) is 0 Å². The number of hydrogen-bond donors (Lipinski definition) is 5. The van der Waals surface area contributed by atoms with Crippen LogP contribution >= 0.6 is 0 Å². The molecule has 0 aromatic rings. The second-order valence-corrected chi connectivity index (χ2v) is 5.13. The van der Waals surface area contributed by atoms with Gasteiger partial charge in [-0.25, -0.2) is 0 Å². The first-order valence-electron chi connectivity index (χ1n) is 7.81. The van der Waals surface area contributed by atoms with Crippen LogP contribution in [0.3, 0.4) is 0 Å². The first-order chi connectivity index (χ1) is 9.62. The third-order valence-electron chi connectivity index (χ3n) is 3.10. The molecular formula is C15H34O5. The van der Waals surface area contributed by atoms with E-state index in [1.165, 1.54) is 25.7 Å². The number of aliphatic hydroxyl groups excluding tert-OH is 4. The predicted octanol–water partition coefficient (Wildman–Crippen LogP) is 1.41. The van der Waals surface area contributed by atoms with Crippen molar-refractivity contribution in [2.24, 2.45) is 5.92 Å². The van der Waals surface area contributed by atoms with Crippen molar-refractivity contribution in [3.63, 3.8) is 0 Å². The Kier molecular flexibility index (Phi) is 20.8. The lowest BCUT2D eigenvalue weighted by molar-refractivity contribution is -0.0466. The van der Waals surface area contributed by atoms with Crippen molar-refractivity contribution in [1.29, 1.82) is 0 Å². The fraction of sp³-hybridized carbons (Fsp3) is 1.00. The highest BCUT2D eigenvalue weighted by Crippen LogP contribution is 2.07. The fourth-order valence-electron chi connectivity index (χ4n) is 1.73. The van der Waals surface area contributed by atoms with E-state index < -0.39 is 6.29 Å². The molecule has 5 heteroatoms. The zero-order valence-electron chi connectivity index (χ0n) is 12.9. The lowest BCUT2D eigenvalue weighted by atomic mass is 10.1. The molecule has 0 rings (SSSR count). The van der Waals surface area contributed by atoms with Crippen molar-refractivity contribution in [2.75, 3.05) is 19.8 Å². The smallest absolute Gasteiger partial charge is 0.151 e. The molecule has 0 saturated carbocycles. The summed E-state index contributed by atoms with van der Waals surface area (Å²) in [5, 5.41) is 42.4. The fourth-order valence-corrected chi connectivity index (χ4v) is 1.73. The van der Waals surface area contributed by atoms with Gasteiger partial charge in [-0.05, 0) is 25.7 Å². The Morgan fingerprint density at radius 3 is 1.70 bits per heavy atom.